The second-order valence-electron chi connectivity index (χ2n) is 4.69. The summed E-state index contributed by atoms with van der Waals surface area (Å²) in [7, 11) is 0. The number of anilines is 1. The lowest BCUT2D eigenvalue weighted by Crippen LogP contribution is -2.40. The van der Waals surface area contributed by atoms with Gasteiger partial charge in [0.1, 0.15) is 0 Å². The zero-order valence-corrected chi connectivity index (χ0v) is 10.3. The third-order valence-electron chi connectivity index (χ3n) is 3.61. The Hall–Kier alpha value is -1.06. The predicted molar refractivity (Wildman–Crippen MR) is 71.0 cm³/mol. The van der Waals surface area contributed by atoms with E-state index in [2.05, 4.69) is 23.1 Å². The van der Waals surface area contributed by atoms with Crippen molar-refractivity contribution in [2.45, 2.75) is 38.3 Å². The Morgan fingerprint density at radius 3 is 2.88 bits per heavy atom. The first-order valence-electron chi connectivity index (χ1n) is 6.52. The minimum absolute atomic E-state index is 0.270. The molecule has 3 nitrogen and oxygen atoms in total. The van der Waals surface area contributed by atoms with Crippen molar-refractivity contribution in [2.75, 3.05) is 18.1 Å². The van der Waals surface area contributed by atoms with E-state index in [1.165, 1.54) is 30.5 Å². The first-order valence-corrected chi connectivity index (χ1v) is 6.52. The first-order chi connectivity index (χ1) is 8.36. The van der Waals surface area contributed by atoms with Gasteiger partial charge in [0.05, 0.1) is 0 Å². The highest BCUT2D eigenvalue weighted by Crippen LogP contribution is 2.29. The van der Waals surface area contributed by atoms with Crippen LogP contribution in [0.1, 0.15) is 31.2 Å². The van der Waals surface area contributed by atoms with Gasteiger partial charge in [-0.1, -0.05) is 18.2 Å². The number of hydrogen-bond acceptors (Lipinski definition) is 3. The molecular weight excluding hydrogens is 212 g/mol. The van der Waals surface area contributed by atoms with E-state index in [1.54, 1.807) is 0 Å². The van der Waals surface area contributed by atoms with Crippen LogP contribution in [0.2, 0.25) is 0 Å². The van der Waals surface area contributed by atoms with Crippen molar-refractivity contribution in [1.29, 1.82) is 0 Å². The summed E-state index contributed by atoms with van der Waals surface area (Å²) < 4.78 is 0. The lowest BCUT2D eigenvalue weighted by Gasteiger charge is -2.38. The second-order valence-corrected chi connectivity index (χ2v) is 4.69. The third kappa shape index (κ3) is 2.79. The molecule has 1 aliphatic heterocycles. The molecule has 0 bridgehead atoms. The SMILES string of the molecule is NCc1ccccc1N1CCCCC1CCO. The first kappa shape index (κ1) is 12.4. The van der Waals surface area contributed by atoms with E-state index in [-0.39, 0.29) is 6.61 Å². The fraction of sp³-hybridized carbons (Fsp3) is 0.571. The van der Waals surface area contributed by atoms with Crippen LogP contribution in [0.4, 0.5) is 5.69 Å². The van der Waals surface area contributed by atoms with Crippen molar-refractivity contribution >= 4 is 5.69 Å². The summed E-state index contributed by atoms with van der Waals surface area (Å²) in [5, 5.41) is 9.16. The fourth-order valence-electron chi connectivity index (χ4n) is 2.73. The monoisotopic (exact) mass is 234 g/mol. The molecule has 2 rings (SSSR count). The summed E-state index contributed by atoms with van der Waals surface area (Å²) in [5.74, 6) is 0. The van der Waals surface area contributed by atoms with Gasteiger partial charge >= 0.3 is 0 Å². The standard InChI is InChI=1S/C14H22N2O/c15-11-12-5-1-2-7-14(12)16-9-4-3-6-13(16)8-10-17/h1-2,5,7,13,17H,3-4,6,8-11,15H2. The molecule has 0 saturated carbocycles. The van der Waals surface area contributed by atoms with Crippen LogP contribution < -0.4 is 10.6 Å². The summed E-state index contributed by atoms with van der Waals surface area (Å²) in [4.78, 5) is 2.43. The number of aliphatic hydroxyl groups excluding tert-OH is 1. The maximum atomic E-state index is 9.16. The molecule has 0 radical (unpaired) electrons. The van der Waals surface area contributed by atoms with E-state index in [1.807, 2.05) is 6.07 Å². The van der Waals surface area contributed by atoms with Gasteiger partial charge in [0.2, 0.25) is 0 Å². The van der Waals surface area contributed by atoms with Gasteiger partial charge in [0, 0.05) is 31.4 Å². The van der Waals surface area contributed by atoms with E-state index in [9.17, 15) is 0 Å². The topological polar surface area (TPSA) is 49.5 Å². The lowest BCUT2D eigenvalue weighted by atomic mass is 9.97. The highest BCUT2D eigenvalue weighted by atomic mass is 16.3. The summed E-state index contributed by atoms with van der Waals surface area (Å²) in [6, 6.07) is 8.83. The Morgan fingerprint density at radius 2 is 2.12 bits per heavy atom. The highest BCUT2D eigenvalue weighted by Gasteiger charge is 2.23. The Bertz CT molecular complexity index is 352. The molecule has 3 heteroatoms. The number of nitrogens with two attached hydrogens (primary N) is 1. The summed E-state index contributed by atoms with van der Waals surface area (Å²) in [6.45, 7) is 1.94. The molecule has 1 atom stereocenters. The molecule has 0 aromatic heterocycles. The second kappa shape index (κ2) is 6.03. The zero-order valence-electron chi connectivity index (χ0n) is 10.3. The van der Waals surface area contributed by atoms with Crippen LogP contribution in [-0.2, 0) is 6.54 Å². The largest absolute Gasteiger partial charge is 0.396 e. The van der Waals surface area contributed by atoms with Crippen LogP contribution >= 0.6 is 0 Å². The number of para-hydroxylation sites is 1. The van der Waals surface area contributed by atoms with Crippen molar-refractivity contribution in [3.8, 4) is 0 Å². The number of benzene rings is 1. The number of aliphatic hydroxyl groups is 1. The Labute approximate surface area is 103 Å². The molecule has 0 amide bonds. The van der Waals surface area contributed by atoms with Crippen molar-refractivity contribution in [3.63, 3.8) is 0 Å². The van der Waals surface area contributed by atoms with Crippen LogP contribution in [0.3, 0.4) is 0 Å². The minimum atomic E-state index is 0.270. The summed E-state index contributed by atoms with van der Waals surface area (Å²) in [5.41, 5.74) is 8.26. The zero-order chi connectivity index (χ0) is 12.1. The van der Waals surface area contributed by atoms with Gasteiger partial charge in [0.15, 0.2) is 0 Å². The van der Waals surface area contributed by atoms with Crippen molar-refractivity contribution in [1.82, 2.24) is 0 Å². The van der Waals surface area contributed by atoms with Crippen molar-refractivity contribution in [3.05, 3.63) is 29.8 Å². The highest BCUT2D eigenvalue weighted by molar-refractivity contribution is 5.54. The van der Waals surface area contributed by atoms with E-state index in [0.717, 1.165) is 13.0 Å². The van der Waals surface area contributed by atoms with Gasteiger partial charge < -0.3 is 15.7 Å². The van der Waals surface area contributed by atoms with Gasteiger partial charge in [-0.05, 0) is 37.3 Å². The maximum absolute atomic E-state index is 9.16. The van der Waals surface area contributed by atoms with Gasteiger partial charge in [-0.15, -0.1) is 0 Å². The molecule has 1 saturated heterocycles. The van der Waals surface area contributed by atoms with Gasteiger partial charge in [-0.25, -0.2) is 0 Å². The molecule has 1 aliphatic rings. The molecule has 17 heavy (non-hydrogen) atoms. The Kier molecular flexibility index (Phi) is 4.40. The van der Waals surface area contributed by atoms with Crippen LogP contribution in [0.5, 0.6) is 0 Å². The number of piperidine rings is 1. The normalized spacial score (nSPS) is 20.6. The van der Waals surface area contributed by atoms with Crippen molar-refractivity contribution in [2.24, 2.45) is 5.73 Å². The predicted octanol–water partition coefficient (Wildman–Crippen LogP) is 1.89. The number of nitrogens with zero attached hydrogens (tertiary/aromatic N) is 1. The van der Waals surface area contributed by atoms with Gasteiger partial charge in [-0.2, -0.15) is 0 Å². The fourth-order valence-corrected chi connectivity index (χ4v) is 2.73. The van der Waals surface area contributed by atoms with Crippen LogP contribution in [-0.4, -0.2) is 24.3 Å². The molecule has 0 spiro atoms. The van der Waals surface area contributed by atoms with Gasteiger partial charge in [-0.3, -0.25) is 0 Å². The molecule has 1 unspecified atom stereocenters. The molecule has 94 valence electrons. The summed E-state index contributed by atoms with van der Waals surface area (Å²) >= 11 is 0. The number of rotatable bonds is 4. The molecule has 3 N–H and O–H groups in total. The average molecular weight is 234 g/mol. The van der Waals surface area contributed by atoms with E-state index in [0.29, 0.717) is 12.6 Å². The van der Waals surface area contributed by atoms with Gasteiger partial charge in [0.25, 0.3) is 0 Å². The van der Waals surface area contributed by atoms with E-state index >= 15 is 0 Å². The smallest absolute Gasteiger partial charge is 0.0450 e. The minimum Gasteiger partial charge on any atom is -0.396 e. The van der Waals surface area contributed by atoms with Crippen LogP contribution in [0.15, 0.2) is 24.3 Å². The quantitative estimate of drug-likeness (QED) is 0.836. The van der Waals surface area contributed by atoms with E-state index < -0.39 is 0 Å². The summed E-state index contributed by atoms with van der Waals surface area (Å²) in [6.07, 6.45) is 4.55. The molecular formula is C14H22N2O. The molecule has 1 aromatic rings. The Balaban J connectivity index is 2.22. The lowest BCUT2D eigenvalue weighted by molar-refractivity contribution is 0.262. The Morgan fingerprint density at radius 1 is 1.29 bits per heavy atom. The number of hydrogen-bond donors (Lipinski definition) is 2. The molecule has 1 fully saturated rings. The maximum Gasteiger partial charge on any atom is 0.0450 e. The van der Waals surface area contributed by atoms with Crippen molar-refractivity contribution < 1.29 is 5.11 Å². The van der Waals surface area contributed by atoms with E-state index in [4.69, 9.17) is 10.8 Å². The third-order valence-corrected chi connectivity index (χ3v) is 3.61. The average Bonchev–Trinajstić information content (AvgIpc) is 2.40. The molecule has 1 heterocycles. The van der Waals surface area contributed by atoms with Crippen LogP contribution in [0.25, 0.3) is 0 Å². The molecule has 0 aliphatic carbocycles. The molecule has 1 aromatic carbocycles. The van der Waals surface area contributed by atoms with Crippen LogP contribution in [0, 0.1) is 0 Å².